The van der Waals surface area contributed by atoms with Crippen molar-refractivity contribution >= 4 is 34.0 Å². The zero-order chi connectivity index (χ0) is 20.6. The molecule has 0 fully saturated rings. The summed E-state index contributed by atoms with van der Waals surface area (Å²) < 4.78 is 49.8. The largest absolute Gasteiger partial charge is 0.392 e. The van der Waals surface area contributed by atoms with Crippen LogP contribution in [0.3, 0.4) is 0 Å². The van der Waals surface area contributed by atoms with Gasteiger partial charge in [-0.05, 0) is 23.8 Å². The van der Waals surface area contributed by atoms with Crippen LogP contribution in [0.25, 0.3) is 0 Å². The van der Waals surface area contributed by atoms with E-state index in [1.165, 1.54) is 15.9 Å². The van der Waals surface area contributed by atoms with Gasteiger partial charge in [0.25, 0.3) is 0 Å². The van der Waals surface area contributed by atoms with Gasteiger partial charge in [-0.2, -0.15) is 17.2 Å². The third-order valence-corrected chi connectivity index (χ3v) is 6.93. The minimum absolute atomic E-state index is 0.446. The summed E-state index contributed by atoms with van der Waals surface area (Å²) in [4.78, 5) is 0. The number of hydrogen-bond acceptors (Lipinski definition) is 3. The topological polar surface area (TPSA) is 74.6 Å². The van der Waals surface area contributed by atoms with Gasteiger partial charge in [0.1, 0.15) is 6.61 Å². The first-order chi connectivity index (χ1) is 13.3. The van der Waals surface area contributed by atoms with Crippen molar-refractivity contribution in [1.29, 1.82) is 0 Å². The molecule has 3 aromatic carbocycles. The molecule has 2 N–H and O–H groups in total. The van der Waals surface area contributed by atoms with Crippen molar-refractivity contribution in [1.82, 2.24) is 0 Å². The summed E-state index contributed by atoms with van der Waals surface area (Å²) in [6, 6.07) is 32.3. The van der Waals surface area contributed by atoms with Crippen LogP contribution < -0.4 is 15.9 Å². The van der Waals surface area contributed by atoms with E-state index in [1.807, 2.05) is 0 Å². The highest BCUT2D eigenvalue weighted by Gasteiger charge is 2.43. The Hall–Kier alpha value is -2.18. The lowest BCUT2D eigenvalue weighted by Crippen LogP contribution is -2.31. The molecule has 0 aliphatic heterocycles. The summed E-state index contributed by atoms with van der Waals surface area (Å²) in [7, 11) is -5.88. The summed E-state index contributed by atoms with van der Waals surface area (Å²) in [6.07, 6.45) is 0. The molecule has 0 saturated heterocycles. The molecule has 3 aromatic rings. The van der Waals surface area contributed by atoms with Gasteiger partial charge in [0.2, 0.25) is 0 Å². The molecule has 0 aliphatic carbocycles. The van der Waals surface area contributed by atoms with Crippen molar-refractivity contribution in [3.05, 3.63) is 91.0 Å². The molecule has 8 heteroatoms. The van der Waals surface area contributed by atoms with Crippen molar-refractivity contribution in [2.75, 3.05) is 6.61 Å². The highest BCUT2D eigenvalue weighted by Crippen LogP contribution is 2.32. The Kier molecular flexibility index (Phi) is 7.78. The molecular weight excluding hydrogens is 405 g/mol. The van der Waals surface area contributed by atoms with E-state index in [-0.39, 0.29) is 0 Å². The van der Waals surface area contributed by atoms with E-state index in [1.54, 1.807) is 0 Å². The molecule has 148 valence electrons. The molecule has 3 rings (SSSR count). The first kappa shape index (κ1) is 22.1. The van der Waals surface area contributed by atoms with Crippen LogP contribution in [0.1, 0.15) is 0 Å². The number of aliphatic hydroxyl groups excluding tert-OH is 1. The Morgan fingerprint density at radius 2 is 1.00 bits per heavy atom. The molecule has 0 heterocycles. The molecule has 0 spiro atoms. The summed E-state index contributed by atoms with van der Waals surface area (Å²) in [5.74, 6) is 0. The van der Waals surface area contributed by atoms with Gasteiger partial charge in [-0.15, -0.1) is 0 Å². The van der Waals surface area contributed by atoms with Crippen LogP contribution in [-0.2, 0) is 10.1 Å². The monoisotopic (exact) mass is 424 g/mol. The quantitative estimate of drug-likeness (QED) is 0.488. The average molecular weight is 424 g/mol. The molecule has 0 unspecified atom stereocenters. The number of halogens is 2. The smallest absolute Gasteiger partial charge is 0.389 e. The Morgan fingerprint density at radius 1 is 0.714 bits per heavy atom. The standard InChI is InChI=1S/C18H15P.C2H4F2O4S/c1-4-10-16(11-5-1)19(17-12-6-2-7-13-17)18-14-8-3-9-15-18;3-2(4,1-5)9(6,7)8/h1-15H;5H,1H2,(H,6,7,8). The fourth-order valence-corrected chi connectivity index (χ4v) is 4.73. The minimum Gasteiger partial charge on any atom is -0.389 e. The van der Waals surface area contributed by atoms with Gasteiger partial charge in [0, 0.05) is 0 Å². The predicted molar refractivity (Wildman–Crippen MR) is 109 cm³/mol. The normalized spacial score (nSPS) is 11.6. The third kappa shape index (κ3) is 5.91. The van der Waals surface area contributed by atoms with Gasteiger partial charge in [-0.3, -0.25) is 4.55 Å². The van der Waals surface area contributed by atoms with E-state index >= 15 is 0 Å². The summed E-state index contributed by atoms with van der Waals surface area (Å²) in [5.41, 5.74) is 0. The first-order valence-corrected chi connectivity index (χ1v) is 11.0. The van der Waals surface area contributed by atoms with Crippen molar-refractivity contribution in [3.8, 4) is 0 Å². The lowest BCUT2D eigenvalue weighted by atomic mass is 10.4. The van der Waals surface area contributed by atoms with E-state index in [4.69, 9.17) is 9.66 Å². The third-order valence-electron chi connectivity index (χ3n) is 3.60. The number of benzene rings is 3. The molecule has 28 heavy (non-hydrogen) atoms. The SMILES string of the molecule is O=S(=O)(O)C(F)(F)CO.c1ccc(P(c2ccccc2)c2ccccc2)cc1. The van der Waals surface area contributed by atoms with Crippen molar-refractivity contribution in [2.45, 2.75) is 5.25 Å². The molecule has 0 aliphatic rings. The van der Waals surface area contributed by atoms with E-state index in [9.17, 15) is 17.2 Å². The van der Waals surface area contributed by atoms with Gasteiger partial charge in [-0.25, -0.2) is 0 Å². The molecule has 0 aromatic heterocycles. The first-order valence-electron chi connectivity index (χ1n) is 8.17. The summed E-state index contributed by atoms with van der Waals surface area (Å²) in [5, 5.41) is 7.40. The summed E-state index contributed by atoms with van der Waals surface area (Å²) in [6.45, 7) is -1.91. The highest BCUT2D eigenvalue weighted by atomic mass is 32.2. The Bertz CT molecular complexity index is 859. The number of aliphatic hydroxyl groups is 1. The predicted octanol–water partition coefficient (Wildman–Crippen LogP) is 2.90. The fourth-order valence-electron chi connectivity index (χ4n) is 2.26. The van der Waals surface area contributed by atoms with Crippen LogP contribution in [0.5, 0.6) is 0 Å². The molecule has 0 saturated carbocycles. The maximum absolute atomic E-state index is 11.6. The molecular formula is C20H19F2O4PS. The number of hydrogen-bond donors (Lipinski definition) is 2. The van der Waals surface area contributed by atoms with Gasteiger partial charge < -0.3 is 5.11 Å². The zero-order valence-electron chi connectivity index (χ0n) is 14.7. The van der Waals surface area contributed by atoms with Crippen LogP contribution >= 0.6 is 7.92 Å². The van der Waals surface area contributed by atoms with Gasteiger partial charge in [0.15, 0.2) is 0 Å². The zero-order valence-corrected chi connectivity index (χ0v) is 16.4. The second kappa shape index (κ2) is 9.85. The second-order valence-electron chi connectivity index (χ2n) is 5.61. The minimum atomic E-state index is -5.44. The van der Waals surface area contributed by atoms with E-state index in [0.29, 0.717) is 0 Å². The maximum Gasteiger partial charge on any atom is 0.392 e. The van der Waals surface area contributed by atoms with Crippen LogP contribution in [-0.4, -0.2) is 29.9 Å². The molecule has 0 atom stereocenters. The van der Waals surface area contributed by atoms with E-state index < -0.39 is 29.9 Å². The van der Waals surface area contributed by atoms with Crippen molar-refractivity contribution in [3.63, 3.8) is 0 Å². The van der Waals surface area contributed by atoms with Crippen molar-refractivity contribution < 1.29 is 26.9 Å². The van der Waals surface area contributed by atoms with Crippen LogP contribution in [0.15, 0.2) is 91.0 Å². The van der Waals surface area contributed by atoms with Crippen molar-refractivity contribution in [2.24, 2.45) is 0 Å². The van der Waals surface area contributed by atoms with Crippen LogP contribution in [0.4, 0.5) is 8.78 Å². The lowest BCUT2D eigenvalue weighted by Gasteiger charge is -2.18. The van der Waals surface area contributed by atoms with Gasteiger partial charge in [0.05, 0.1) is 0 Å². The van der Waals surface area contributed by atoms with Crippen LogP contribution in [0, 0.1) is 0 Å². The Morgan fingerprint density at radius 3 is 1.18 bits per heavy atom. The fraction of sp³-hybridized carbons (Fsp3) is 0.100. The van der Waals surface area contributed by atoms with Gasteiger partial charge >= 0.3 is 15.4 Å². The molecule has 4 nitrogen and oxygen atoms in total. The molecule has 0 bridgehead atoms. The van der Waals surface area contributed by atoms with Gasteiger partial charge in [-0.1, -0.05) is 91.0 Å². The highest BCUT2D eigenvalue weighted by molar-refractivity contribution is 7.86. The lowest BCUT2D eigenvalue weighted by molar-refractivity contribution is 0.0187. The van der Waals surface area contributed by atoms with E-state index in [2.05, 4.69) is 91.0 Å². The average Bonchev–Trinajstić information content (AvgIpc) is 2.70. The number of rotatable bonds is 5. The number of alkyl halides is 2. The Labute approximate surface area is 164 Å². The summed E-state index contributed by atoms with van der Waals surface area (Å²) >= 11 is 0. The maximum atomic E-state index is 11.6. The molecule has 0 radical (unpaired) electrons. The second-order valence-corrected chi connectivity index (χ2v) is 9.38. The molecule has 0 amide bonds. The Balaban J connectivity index is 0.000000266. The van der Waals surface area contributed by atoms with Crippen LogP contribution in [0.2, 0.25) is 0 Å². The van der Waals surface area contributed by atoms with E-state index in [0.717, 1.165) is 0 Å².